The topological polar surface area (TPSA) is 95.6 Å². The molecule has 2 aromatic carbocycles. The lowest BCUT2D eigenvalue weighted by molar-refractivity contribution is -0.116. The number of hydrogen-bond acceptors (Lipinski definition) is 4. The largest absolute Gasteiger partial charge is 0.352 e. The van der Waals surface area contributed by atoms with E-state index in [1.165, 1.54) is 4.90 Å². The maximum atomic E-state index is 12.5. The number of amides is 4. The monoisotopic (exact) mass is 421 g/mol. The summed E-state index contributed by atoms with van der Waals surface area (Å²) in [5.74, 6) is -0.858. The summed E-state index contributed by atoms with van der Waals surface area (Å²) in [5, 5.41) is 5.61. The first-order valence-electron chi connectivity index (χ1n) is 10.4. The van der Waals surface area contributed by atoms with Crippen LogP contribution >= 0.6 is 0 Å². The zero-order valence-corrected chi connectivity index (χ0v) is 18.0. The Bertz CT molecular complexity index is 1030. The number of aryl methyl sites for hydroxylation is 1. The van der Waals surface area contributed by atoms with Crippen molar-refractivity contribution >= 4 is 29.3 Å². The maximum absolute atomic E-state index is 12.5. The molecular formula is C24H27N3O4. The molecule has 4 amide bonds. The summed E-state index contributed by atoms with van der Waals surface area (Å²) in [6, 6.07) is 12.0. The average molecular weight is 421 g/mol. The quantitative estimate of drug-likeness (QED) is 0.639. The van der Waals surface area contributed by atoms with Crippen LogP contribution in [0.4, 0.5) is 5.69 Å². The van der Waals surface area contributed by atoms with Gasteiger partial charge in [0.2, 0.25) is 5.91 Å². The summed E-state index contributed by atoms with van der Waals surface area (Å²) < 4.78 is 0. The van der Waals surface area contributed by atoms with E-state index < -0.39 is 0 Å². The Kier molecular flexibility index (Phi) is 6.84. The number of fused-ring (bicyclic) bond motifs is 1. The molecular weight excluding hydrogens is 394 g/mol. The van der Waals surface area contributed by atoms with Gasteiger partial charge < -0.3 is 10.6 Å². The van der Waals surface area contributed by atoms with E-state index >= 15 is 0 Å². The van der Waals surface area contributed by atoms with Crippen LogP contribution in [0, 0.1) is 12.8 Å². The van der Waals surface area contributed by atoms with E-state index in [9.17, 15) is 19.2 Å². The SMILES string of the molecule is Cc1ccc2c(c1)C(=O)N(CCCC(=O)Nc1ccccc1C(=O)NCC(C)C)C2=O. The second-order valence-electron chi connectivity index (χ2n) is 8.11. The van der Waals surface area contributed by atoms with Gasteiger partial charge >= 0.3 is 0 Å². The Morgan fingerprint density at radius 2 is 1.71 bits per heavy atom. The first-order chi connectivity index (χ1) is 14.8. The van der Waals surface area contributed by atoms with Gasteiger partial charge in [0, 0.05) is 19.5 Å². The molecule has 0 fully saturated rings. The number of para-hydroxylation sites is 1. The molecule has 162 valence electrons. The van der Waals surface area contributed by atoms with Crippen LogP contribution in [0.25, 0.3) is 0 Å². The fourth-order valence-electron chi connectivity index (χ4n) is 3.40. The molecule has 2 N–H and O–H groups in total. The van der Waals surface area contributed by atoms with Gasteiger partial charge in [0.1, 0.15) is 0 Å². The zero-order valence-electron chi connectivity index (χ0n) is 18.0. The second-order valence-corrected chi connectivity index (χ2v) is 8.11. The molecule has 1 aliphatic heterocycles. The van der Waals surface area contributed by atoms with E-state index in [4.69, 9.17) is 0 Å². The van der Waals surface area contributed by atoms with Crippen molar-refractivity contribution < 1.29 is 19.2 Å². The number of rotatable bonds is 8. The van der Waals surface area contributed by atoms with Gasteiger partial charge in [0.25, 0.3) is 17.7 Å². The van der Waals surface area contributed by atoms with E-state index in [-0.39, 0.29) is 36.6 Å². The molecule has 0 atom stereocenters. The molecule has 0 saturated carbocycles. The van der Waals surface area contributed by atoms with Crippen LogP contribution in [0.15, 0.2) is 42.5 Å². The molecule has 7 heteroatoms. The normalized spacial score (nSPS) is 12.8. The summed E-state index contributed by atoms with van der Waals surface area (Å²) in [4.78, 5) is 51.0. The van der Waals surface area contributed by atoms with Crippen molar-refractivity contribution in [3.05, 3.63) is 64.7 Å². The summed E-state index contributed by atoms with van der Waals surface area (Å²) in [6.07, 6.45) is 0.451. The Balaban J connectivity index is 1.55. The van der Waals surface area contributed by atoms with Crippen molar-refractivity contribution in [2.24, 2.45) is 5.92 Å². The van der Waals surface area contributed by atoms with E-state index in [0.29, 0.717) is 41.3 Å². The summed E-state index contributed by atoms with van der Waals surface area (Å²) in [5.41, 5.74) is 2.56. The third kappa shape index (κ3) is 5.17. The van der Waals surface area contributed by atoms with Crippen LogP contribution < -0.4 is 10.6 Å². The zero-order chi connectivity index (χ0) is 22.5. The van der Waals surface area contributed by atoms with Crippen molar-refractivity contribution in [1.82, 2.24) is 10.2 Å². The van der Waals surface area contributed by atoms with Gasteiger partial charge in [-0.2, -0.15) is 0 Å². The third-order valence-corrected chi connectivity index (χ3v) is 5.03. The van der Waals surface area contributed by atoms with E-state index in [1.807, 2.05) is 20.8 Å². The molecule has 31 heavy (non-hydrogen) atoms. The van der Waals surface area contributed by atoms with Gasteiger partial charge in [-0.3, -0.25) is 24.1 Å². The van der Waals surface area contributed by atoms with Gasteiger partial charge in [0.15, 0.2) is 0 Å². The lowest BCUT2D eigenvalue weighted by Gasteiger charge is -2.14. The Hall–Kier alpha value is -3.48. The molecule has 0 aromatic heterocycles. The molecule has 1 heterocycles. The number of anilines is 1. The smallest absolute Gasteiger partial charge is 0.261 e. The minimum atomic E-state index is -0.326. The van der Waals surface area contributed by atoms with E-state index in [0.717, 1.165) is 5.56 Å². The fourth-order valence-corrected chi connectivity index (χ4v) is 3.40. The van der Waals surface area contributed by atoms with Crippen molar-refractivity contribution in [3.63, 3.8) is 0 Å². The molecule has 1 aliphatic rings. The van der Waals surface area contributed by atoms with Gasteiger partial charge in [-0.1, -0.05) is 37.6 Å². The number of hydrogen-bond donors (Lipinski definition) is 2. The number of imide groups is 1. The predicted octanol–water partition coefficient (Wildman–Crippen LogP) is 3.40. The highest BCUT2D eigenvalue weighted by atomic mass is 16.2. The van der Waals surface area contributed by atoms with Crippen molar-refractivity contribution in [1.29, 1.82) is 0 Å². The van der Waals surface area contributed by atoms with Crippen molar-refractivity contribution in [2.75, 3.05) is 18.4 Å². The average Bonchev–Trinajstić information content (AvgIpc) is 2.96. The third-order valence-electron chi connectivity index (χ3n) is 5.03. The van der Waals surface area contributed by atoms with Gasteiger partial charge in [-0.15, -0.1) is 0 Å². The highest BCUT2D eigenvalue weighted by molar-refractivity contribution is 6.21. The Morgan fingerprint density at radius 1 is 1.00 bits per heavy atom. The molecule has 0 bridgehead atoms. The highest BCUT2D eigenvalue weighted by Gasteiger charge is 2.34. The summed E-state index contributed by atoms with van der Waals surface area (Å²) >= 11 is 0. The van der Waals surface area contributed by atoms with E-state index in [1.54, 1.807) is 42.5 Å². The molecule has 0 spiro atoms. The lowest BCUT2D eigenvalue weighted by atomic mass is 10.1. The first-order valence-corrected chi connectivity index (χ1v) is 10.4. The molecule has 0 aliphatic carbocycles. The van der Waals surface area contributed by atoms with Crippen LogP contribution in [0.1, 0.15) is 63.3 Å². The van der Waals surface area contributed by atoms with Crippen LogP contribution in [0.2, 0.25) is 0 Å². The highest BCUT2D eigenvalue weighted by Crippen LogP contribution is 2.24. The maximum Gasteiger partial charge on any atom is 0.261 e. The number of carbonyl (C=O) groups is 4. The van der Waals surface area contributed by atoms with Crippen LogP contribution in [-0.4, -0.2) is 41.6 Å². The second kappa shape index (κ2) is 9.55. The molecule has 0 saturated heterocycles. The lowest BCUT2D eigenvalue weighted by Crippen LogP contribution is -2.31. The van der Waals surface area contributed by atoms with Crippen molar-refractivity contribution in [3.8, 4) is 0 Å². The number of benzene rings is 2. The number of nitrogens with one attached hydrogen (secondary N) is 2. The molecule has 0 radical (unpaired) electrons. The molecule has 3 rings (SSSR count). The minimum Gasteiger partial charge on any atom is -0.352 e. The van der Waals surface area contributed by atoms with Crippen LogP contribution in [0.5, 0.6) is 0 Å². The standard InChI is InChI=1S/C24H27N3O4/c1-15(2)14-25-22(29)18-7-4-5-8-20(18)26-21(28)9-6-12-27-23(30)17-11-10-16(3)13-19(17)24(27)31/h4-5,7-8,10-11,13,15H,6,9,12,14H2,1-3H3,(H,25,29)(H,26,28). The van der Waals surface area contributed by atoms with Gasteiger partial charge in [-0.05, 0) is 43.5 Å². The predicted molar refractivity (Wildman–Crippen MR) is 118 cm³/mol. The fraction of sp³-hybridized carbons (Fsp3) is 0.333. The summed E-state index contributed by atoms with van der Waals surface area (Å²) in [7, 11) is 0. The molecule has 2 aromatic rings. The Morgan fingerprint density at radius 3 is 2.45 bits per heavy atom. The van der Waals surface area contributed by atoms with Crippen molar-refractivity contribution in [2.45, 2.75) is 33.6 Å². The van der Waals surface area contributed by atoms with Gasteiger partial charge in [-0.25, -0.2) is 0 Å². The minimum absolute atomic E-state index is 0.119. The number of nitrogens with zero attached hydrogens (tertiary/aromatic N) is 1. The van der Waals surface area contributed by atoms with Crippen LogP contribution in [-0.2, 0) is 4.79 Å². The molecule has 7 nitrogen and oxygen atoms in total. The molecule has 0 unspecified atom stereocenters. The summed E-state index contributed by atoms with van der Waals surface area (Å²) in [6.45, 7) is 6.58. The Labute approximate surface area is 181 Å². The van der Waals surface area contributed by atoms with Crippen LogP contribution in [0.3, 0.4) is 0 Å². The number of carbonyl (C=O) groups excluding carboxylic acids is 4. The van der Waals surface area contributed by atoms with Gasteiger partial charge in [0.05, 0.1) is 22.4 Å². The first kappa shape index (κ1) is 22.2. The van der Waals surface area contributed by atoms with E-state index in [2.05, 4.69) is 10.6 Å².